The maximum absolute atomic E-state index is 12.3. The van der Waals surface area contributed by atoms with Crippen molar-refractivity contribution in [3.05, 3.63) is 60.7 Å². The van der Waals surface area contributed by atoms with Gasteiger partial charge in [0, 0.05) is 23.9 Å². The molecule has 0 spiro atoms. The molecule has 2 heterocycles. The summed E-state index contributed by atoms with van der Waals surface area (Å²) in [6, 6.07) is 12.4. The molecule has 2 aromatic carbocycles. The van der Waals surface area contributed by atoms with Crippen LogP contribution in [0.15, 0.2) is 55.1 Å². The van der Waals surface area contributed by atoms with Crippen molar-refractivity contribution >= 4 is 11.6 Å². The Morgan fingerprint density at radius 1 is 1.20 bits per heavy atom. The summed E-state index contributed by atoms with van der Waals surface area (Å²) in [5, 5.41) is 7.24. The van der Waals surface area contributed by atoms with Crippen LogP contribution < -0.4 is 25.3 Å². The maximum Gasteiger partial charge on any atom is 0.279 e. The zero-order valence-corrected chi connectivity index (χ0v) is 16.5. The van der Waals surface area contributed by atoms with E-state index in [-0.39, 0.29) is 18.1 Å². The van der Waals surface area contributed by atoms with E-state index in [9.17, 15) is 4.79 Å². The molecule has 0 bridgehead atoms. The number of anilines is 1. The number of aromatic nitrogens is 3. The Bertz CT molecular complexity index is 991. The first kappa shape index (κ1) is 19.7. The zero-order valence-electron chi connectivity index (χ0n) is 16.5. The van der Waals surface area contributed by atoms with Crippen molar-refractivity contribution in [2.75, 3.05) is 25.1 Å². The number of ether oxygens (including phenoxy) is 3. The summed E-state index contributed by atoms with van der Waals surface area (Å²) >= 11 is 0. The van der Waals surface area contributed by atoms with Crippen LogP contribution in [0.1, 0.15) is 17.3 Å². The van der Waals surface area contributed by atoms with Crippen molar-refractivity contribution in [2.24, 2.45) is 5.73 Å². The summed E-state index contributed by atoms with van der Waals surface area (Å²) < 4.78 is 18.4. The minimum absolute atomic E-state index is 0.135. The van der Waals surface area contributed by atoms with E-state index >= 15 is 0 Å². The van der Waals surface area contributed by atoms with Gasteiger partial charge < -0.3 is 25.3 Å². The first-order chi connectivity index (χ1) is 14.6. The van der Waals surface area contributed by atoms with Gasteiger partial charge in [0.1, 0.15) is 37.7 Å². The predicted molar refractivity (Wildman–Crippen MR) is 110 cm³/mol. The molecule has 1 aliphatic heterocycles. The quantitative estimate of drug-likeness (QED) is 0.609. The lowest BCUT2D eigenvalue weighted by Crippen LogP contribution is -2.41. The SMILES string of the molecule is CC(Oc1ccc(C(=O)n2cncn2)cc1)C(CN)Nc1ccc2c(c1)OCCO2. The van der Waals surface area contributed by atoms with Crippen molar-refractivity contribution in [1.82, 2.24) is 14.8 Å². The van der Waals surface area contributed by atoms with Crippen LogP contribution in [0.2, 0.25) is 0 Å². The number of nitrogens with zero attached hydrogens (tertiary/aromatic N) is 3. The summed E-state index contributed by atoms with van der Waals surface area (Å²) in [6.07, 6.45) is 2.46. The van der Waals surface area contributed by atoms with Gasteiger partial charge in [-0.1, -0.05) is 0 Å². The molecule has 9 heteroatoms. The Morgan fingerprint density at radius 2 is 1.97 bits per heavy atom. The average molecular weight is 409 g/mol. The Hall–Kier alpha value is -3.59. The van der Waals surface area contributed by atoms with E-state index in [0.29, 0.717) is 36.8 Å². The molecule has 2 atom stereocenters. The van der Waals surface area contributed by atoms with Crippen LogP contribution in [0.3, 0.4) is 0 Å². The number of fused-ring (bicyclic) bond motifs is 1. The van der Waals surface area contributed by atoms with Crippen LogP contribution in [0.25, 0.3) is 0 Å². The van der Waals surface area contributed by atoms with Gasteiger partial charge in [-0.2, -0.15) is 9.78 Å². The van der Waals surface area contributed by atoms with Crippen molar-refractivity contribution in [2.45, 2.75) is 19.1 Å². The van der Waals surface area contributed by atoms with E-state index in [1.165, 1.54) is 17.3 Å². The molecular formula is C21H23N5O4. The van der Waals surface area contributed by atoms with Crippen LogP contribution in [-0.2, 0) is 0 Å². The third-order valence-corrected chi connectivity index (χ3v) is 4.76. The van der Waals surface area contributed by atoms with Crippen LogP contribution in [0.4, 0.5) is 5.69 Å². The Kier molecular flexibility index (Phi) is 5.80. The van der Waals surface area contributed by atoms with E-state index in [1.54, 1.807) is 24.3 Å². The second-order valence-electron chi connectivity index (χ2n) is 6.84. The monoisotopic (exact) mass is 409 g/mol. The molecule has 1 aromatic heterocycles. The van der Waals surface area contributed by atoms with Crippen molar-refractivity contribution in [1.29, 1.82) is 0 Å². The summed E-state index contributed by atoms with van der Waals surface area (Å²) in [6.45, 7) is 3.40. The van der Waals surface area contributed by atoms with Gasteiger partial charge in [0.15, 0.2) is 11.5 Å². The fraction of sp³-hybridized carbons (Fsp3) is 0.286. The molecule has 156 valence electrons. The third-order valence-electron chi connectivity index (χ3n) is 4.76. The summed E-state index contributed by atoms with van der Waals surface area (Å²) in [7, 11) is 0. The minimum Gasteiger partial charge on any atom is -0.489 e. The number of hydrogen-bond acceptors (Lipinski definition) is 8. The summed E-state index contributed by atoms with van der Waals surface area (Å²) in [5.74, 6) is 1.83. The van der Waals surface area contributed by atoms with Gasteiger partial charge in [0.05, 0.1) is 6.04 Å². The topological polar surface area (TPSA) is 114 Å². The van der Waals surface area contributed by atoms with E-state index < -0.39 is 0 Å². The van der Waals surface area contributed by atoms with E-state index in [0.717, 1.165) is 11.4 Å². The standard InChI is InChI=1S/C21H23N5O4/c1-14(18(11-22)25-16-4-7-19-20(10-16)29-9-8-28-19)30-17-5-2-15(3-6-17)21(27)26-13-23-12-24-26/h2-7,10,12-14,18,25H,8-9,11,22H2,1H3. The summed E-state index contributed by atoms with van der Waals surface area (Å²) in [5.41, 5.74) is 7.34. The molecule has 0 amide bonds. The molecule has 0 fully saturated rings. The third kappa shape index (κ3) is 4.36. The zero-order chi connectivity index (χ0) is 20.9. The number of hydrogen-bond donors (Lipinski definition) is 2. The highest BCUT2D eigenvalue weighted by atomic mass is 16.6. The van der Waals surface area contributed by atoms with Crippen molar-refractivity contribution in [3.63, 3.8) is 0 Å². The smallest absolute Gasteiger partial charge is 0.279 e. The van der Waals surface area contributed by atoms with Gasteiger partial charge in [-0.05, 0) is 43.3 Å². The van der Waals surface area contributed by atoms with Gasteiger partial charge in [-0.25, -0.2) is 4.98 Å². The lowest BCUT2D eigenvalue weighted by molar-refractivity contribution is 0.0944. The number of benzene rings is 2. The van der Waals surface area contributed by atoms with E-state index in [2.05, 4.69) is 15.4 Å². The maximum atomic E-state index is 12.3. The van der Waals surface area contributed by atoms with Gasteiger partial charge >= 0.3 is 0 Å². The van der Waals surface area contributed by atoms with Crippen LogP contribution in [0.5, 0.6) is 17.2 Å². The molecule has 1 aliphatic rings. The Balaban J connectivity index is 1.39. The van der Waals surface area contributed by atoms with Gasteiger partial charge in [0.25, 0.3) is 5.91 Å². The molecule has 3 N–H and O–H groups in total. The molecule has 0 radical (unpaired) electrons. The first-order valence-corrected chi connectivity index (χ1v) is 9.66. The number of rotatable bonds is 7. The summed E-state index contributed by atoms with van der Waals surface area (Å²) in [4.78, 5) is 16.1. The Morgan fingerprint density at radius 3 is 2.67 bits per heavy atom. The predicted octanol–water partition coefficient (Wildman–Crippen LogP) is 1.94. The normalized spacial score (nSPS) is 14.6. The number of nitrogens with one attached hydrogen (secondary N) is 1. The molecule has 2 unspecified atom stereocenters. The highest BCUT2D eigenvalue weighted by molar-refractivity contribution is 5.95. The first-order valence-electron chi connectivity index (χ1n) is 9.66. The van der Waals surface area contributed by atoms with E-state index in [1.807, 2.05) is 25.1 Å². The van der Waals surface area contributed by atoms with Crippen LogP contribution in [-0.4, -0.2) is 52.6 Å². The molecule has 0 aliphatic carbocycles. The van der Waals surface area contributed by atoms with Crippen molar-refractivity contribution in [3.8, 4) is 17.2 Å². The number of carbonyl (C=O) groups excluding carboxylic acids is 1. The molecular weight excluding hydrogens is 386 g/mol. The lowest BCUT2D eigenvalue weighted by atomic mass is 10.1. The molecule has 0 saturated carbocycles. The number of carbonyl (C=O) groups is 1. The molecule has 9 nitrogen and oxygen atoms in total. The van der Waals surface area contributed by atoms with Gasteiger partial charge in [0.2, 0.25) is 0 Å². The fourth-order valence-electron chi connectivity index (χ4n) is 3.13. The molecule has 30 heavy (non-hydrogen) atoms. The Labute approximate surface area is 173 Å². The van der Waals surface area contributed by atoms with Crippen LogP contribution >= 0.6 is 0 Å². The second kappa shape index (κ2) is 8.83. The lowest BCUT2D eigenvalue weighted by Gasteiger charge is -2.26. The average Bonchev–Trinajstić information content (AvgIpc) is 3.32. The largest absolute Gasteiger partial charge is 0.489 e. The minimum atomic E-state index is -0.257. The van der Waals surface area contributed by atoms with E-state index in [4.69, 9.17) is 19.9 Å². The highest BCUT2D eigenvalue weighted by Gasteiger charge is 2.19. The van der Waals surface area contributed by atoms with Gasteiger partial charge in [-0.15, -0.1) is 0 Å². The second-order valence-corrected chi connectivity index (χ2v) is 6.84. The molecule has 3 aromatic rings. The van der Waals surface area contributed by atoms with Crippen molar-refractivity contribution < 1.29 is 19.0 Å². The highest BCUT2D eigenvalue weighted by Crippen LogP contribution is 2.33. The molecule has 4 rings (SSSR count). The van der Waals surface area contributed by atoms with Gasteiger partial charge in [-0.3, -0.25) is 4.79 Å². The van der Waals surface area contributed by atoms with Crippen LogP contribution in [0, 0.1) is 0 Å². The number of nitrogens with two attached hydrogens (primary N) is 1. The molecule has 0 saturated heterocycles. The fourth-order valence-corrected chi connectivity index (χ4v) is 3.13.